The van der Waals surface area contributed by atoms with E-state index in [0.29, 0.717) is 13.2 Å². The molecule has 124 valence electrons. The first-order valence-electron chi connectivity index (χ1n) is 8.08. The van der Waals surface area contributed by atoms with Gasteiger partial charge >= 0.3 is 0 Å². The van der Waals surface area contributed by atoms with E-state index < -0.39 is 8.32 Å². The molecule has 0 aromatic rings. The zero-order chi connectivity index (χ0) is 17.0. The maximum Gasteiger partial charge on any atom is 0.192 e. The maximum absolute atomic E-state index is 6.48. The molecule has 1 aliphatic carbocycles. The lowest BCUT2D eigenvalue weighted by Crippen LogP contribution is -2.47. The maximum atomic E-state index is 6.48. The Morgan fingerprint density at radius 3 is 2.64 bits per heavy atom. The van der Waals surface area contributed by atoms with Gasteiger partial charge in [0.2, 0.25) is 0 Å². The second kappa shape index (κ2) is 7.17. The molecule has 0 fully saturated rings. The number of ether oxygens (including phenoxy) is 1. The summed E-state index contributed by atoms with van der Waals surface area (Å²) in [6.07, 6.45) is 11.6. The van der Waals surface area contributed by atoms with Crippen LogP contribution in [-0.4, -0.2) is 27.6 Å². The molecule has 22 heavy (non-hydrogen) atoms. The van der Waals surface area contributed by atoms with Crippen molar-refractivity contribution in [3.63, 3.8) is 0 Å². The average molecular weight is 321 g/mol. The van der Waals surface area contributed by atoms with Crippen molar-refractivity contribution in [3.8, 4) is 12.3 Å². The van der Waals surface area contributed by atoms with E-state index in [1.165, 1.54) is 5.57 Å². The molecule has 1 rings (SSSR count). The van der Waals surface area contributed by atoms with Crippen LogP contribution >= 0.6 is 0 Å². The molecule has 0 spiro atoms. The predicted octanol–water partition coefficient (Wildman–Crippen LogP) is 4.94. The lowest BCUT2D eigenvalue weighted by atomic mass is 9.73. The van der Waals surface area contributed by atoms with Crippen molar-refractivity contribution in [2.24, 2.45) is 5.41 Å². The van der Waals surface area contributed by atoms with Gasteiger partial charge in [0.15, 0.2) is 8.32 Å². The third-order valence-electron chi connectivity index (χ3n) is 5.25. The standard InChI is InChI=1S/C19H32O2Si/c1-9-13-20-17-14-16(3)11-12-19(17,10-2)15-21-22(7,8)18(4,5)6/h1,10,14,17H,2,11-13,15H2,3-8H3/t17-,19-/m0/s1. The van der Waals surface area contributed by atoms with Gasteiger partial charge in [-0.15, -0.1) is 13.0 Å². The van der Waals surface area contributed by atoms with Crippen molar-refractivity contribution in [3.05, 3.63) is 24.3 Å². The van der Waals surface area contributed by atoms with Crippen LogP contribution in [0.15, 0.2) is 24.3 Å². The van der Waals surface area contributed by atoms with E-state index in [9.17, 15) is 0 Å². The molecule has 0 radical (unpaired) electrons. The number of hydrogen-bond acceptors (Lipinski definition) is 2. The van der Waals surface area contributed by atoms with Crippen molar-refractivity contribution < 1.29 is 9.16 Å². The molecule has 0 saturated carbocycles. The summed E-state index contributed by atoms with van der Waals surface area (Å²) in [5, 5.41) is 0.199. The van der Waals surface area contributed by atoms with E-state index in [2.05, 4.69) is 59.4 Å². The van der Waals surface area contributed by atoms with Gasteiger partial charge < -0.3 is 9.16 Å². The molecule has 1 aliphatic rings. The van der Waals surface area contributed by atoms with Gasteiger partial charge in [-0.2, -0.15) is 0 Å². The first-order valence-corrected chi connectivity index (χ1v) is 11.0. The molecular formula is C19H32O2Si. The van der Waals surface area contributed by atoms with E-state index in [1.807, 2.05) is 6.08 Å². The second-order valence-corrected chi connectivity index (χ2v) is 12.7. The monoisotopic (exact) mass is 320 g/mol. The van der Waals surface area contributed by atoms with Crippen LogP contribution in [0, 0.1) is 17.8 Å². The molecule has 0 aliphatic heterocycles. The average Bonchev–Trinajstić information content (AvgIpc) is 2.43. The molecule has 0 aromatic heterocycles. The number of terminal acetylenes is 1. The van der Waals surface area contributed by atoms with Crippen LogP contribution in [0.2, 0.25) is 18.1 Å². The molecule has 0 aromatic carbocycles. The molecule has 0 N–H and O–H groups in total. The lowest BCUT2D eigenvalue weighted by molar-refractivity contribution is -0.00713. The number of hydrogen-bond donors (Lipinski definition) is 0. The first-order chi connectivity index (χ1) is 10.1. The van der Waals surface area contributed by atoms with Crippen LogP contribution in [-0.2, 0) is 9.16 Å². The molecule has 0 saturated heterocycles. The molecular weight excluding hydrogens is 288 g/mol. The summed E-state index contributed by atoms with van der Waals surface area (Å²) >= 11 is 0. The predicted molar refractivity (Wildman–Crippen MR) is 97.3 cm³/mol. The highest BCUT2D eigenvalue weighted by Crippen LogP contribution is 2.42. The Labute approximate surface area is 138 Å². The molecule has 2 atom stereocenters. The summed E-state index contributed by atoms with van der Waals surface area (Å²) in [6, 6.07) is 0. The van der Waals surface area contributed by atoms with Crippen LogP contribution in [0.3, 0.4) is 0 Å². The minimum absolute atomic E-state index is 0.0421. The van der Waals surface area contributed by atoms with Crippen molar-refractivity contribution in [1.82, 2.24) is 0 Å². The van der Waals surface area contributed by atoms with Gasteiger partial charge in [0.1, 0.15) is 6.61 Å². The third-order valence-corrected chi connectivity index (χ3v) is 9.73. The van der Waals surface area contributed by atoms with Gasteiger partial charge in [-0.1, -0.05) is 44.4 Å². The fourth-order valence-corrected chi connectivity index (χ4v) is 3.46. The molecule has 3 heteroatoms. The summed E-state index contributed by atoms with van der Waals surface area (Å²) in [5.41, 5.74) is 1.18. The van der Waals surface area contributed by atoms with Crippen LogP contribution in [0.5, 0.6) is 0 Å². The summed E-state index contributed by atoms with van der Waals surface area (Å²) in [7, 11) is -1.79. The van der Waals surface area contributed by atoms with Gasteiger partial charge in [-0.3, -0.25) is 0 Å². The van der Waals surface area contributed by atoms with Gasteiger partial charge in [-0.25, -0.2) is 0 Å². The van der Waals surface area contributed by atoms with Crippen molar-refractivity contribution in [2.75, 3.05) is 13.2 Å². The summed E-state index contributed by atoms with van der Waals surface area (Å²) in [5.74, 6) is 2.57. The Bertz CT molecular complexity index is 465. The minimum Gasteiger partial charge on any atom is -0.416 e. The Hall–Kier alpha value is -0.823. The van der Waals surface area contributed by atoms with E-state index >= 15 is 0 Å². The Balaban J connectivity index is 2.95. The summed E-state index contributed by atoms with van der Waals surface area (Å²) < 4.78 is 12.4. The Kier molecular flexibility index (Phi) is 6.26. The minimum atomic E-state index is -1.79. The van der Waals surface area contributed by atoms with Gasteiger partial charge in [0.05, 0.1) is 6.10 Å². The quantitative estimate of drug-likeness (QED) is 0.392. The fourth-order valence-electron chi connectivity index (χ4n) is 2.39. The van der Waals surface area contributed by atoms with E-state index in [-0.39, 0.29) is 16.6 Å². The third kappa shape index (κ3) is 4.35. The van der Waals surface area contributed by atoms with Gasteiger partial charge in [0.25, 0.3) is 0 Å². The number of rotatable bonds is 6. The SMILES string of the molecule is C#CCO[C@H]1C=C(C)CC[C@@]1(C=C)CO[Si](C)(C)C(C)(C)C. The summed E-state index contributed by atoms with van der Waals surface area (Å²) in [6.45, 7) is 18.6. The zero-order valence-electron chi connectivity index (χ0n) is 15.2. The molecule has 2 nitrogen and oxygen atoms in total. The fraction of sp³-hybridized carbons (Fsp3) is 0.684. The number of allylic oxidation sites excluding steroid dienone is 1. The van der Waals surface area contributed by atoms with Crippen LogP contribution in [0.25, 0.3) is 0 Å². The Morgan fingerprint density at radius 1 is 1.50 bits per heavy atom. The molecule has 0 unspecified atom stereocenters. The van der Waals surface area contributed by atoms with Crippen molar-refractivity contribution >= 4 is 8.32 Å². The molecule has 0 heterocycles. The second-order valence-electron chi connectivity index (χ2n) is 7.94. The van der Waals surface area contributed by atoms with E-state index in [4.69, 9.17) is 15.6 Å². The molecule has 0 bridgehead atoms. The highest BCUT2D eigenvalue weighted by molar-refractivity contribution is 6.74. The molecule has 0 amide bonds. The van der Waals surface area contributed by atoms with Crippen molar-refractivity contribution in [1.29, 1.82) is 0 Å². The summed E-state index contributed by atoms with van der Waals surface area (Å²) in [4.78, 5) is 0. The van der Waals surface area contributed by atoms with Gasteiger partial charge in [0, 0.05) is 12.0 Å². The van der Waals surface area contributed by atoms with Gasteiger partial charge in [-0.05, 0) is 37.9 Å². The van der Waals surface area contributed by atoms with Crippen LogP contribution in [0.1, 0.15) is 40.5 Å². The largest absolute Gasteiger partial charge is 0.416 e. The topological polar surface area (TPSA) is 18.5 Å². The van der Waals surface area contributed by atoms with E-state index in [1.54, 1.807) is 0 Å². The van der Waals surface area contributed by atoms with Crippen molar-refractivity contribution in [2.45, 2.75) is 64.8 Å². The van der Waals surface area contributed by atoms with Crippen LogP contribution < -0.4 is 0 Å². The van der Waals surface area contributed by atoms with E-state index in [0.717, 1.165) is 12.8 Å². The zero-order valence-corrected chi connectivity index (χ0v) is 16.2. The highest BCUT2D eigenvalue weighted by Gasteiger charge is 2.43. The lowest BCUT2D eigenvalue weighted by Gasteiger charge is -2.44. The van der Waals surface area contributed by atoms with Crippen LogP contribution in [0.4, 0.5) is 0 Å². The normalized spacial score (nSPS) is 26.2. The smallest absolute Gasteiger partial charge is 0.192 e. The Morgan fingerprint density at radius 2 is 2.14 bits per heavy atom. The highest BCUT2D eigenvalue weighted by atomic mass is 28.4. The first kappa shape index (κ1) is 19.2.